The minimum absolute atomic E-state index is 0.0873. The molecule has 35 heavy (non-hydrogen) atoms. The number of carbonyl (C=O) groups is 1. The van der Waals surface area contributed by atoms with Gasteiger partial charge in [0.25, 0.3) is 5.56 Å². The van der Waals surface area contributed by atoms with E-state index in [1.165, 1.54) is 37.6 Å². The Labute approximate surface area is 199 Å². The van der Waals surface area contributed by atoms with Crippen LogP contribution in [-0.2, 0) is 12.6 Å². The molecule has 1 amide bonds. The van der Waals surface area contributed by atoms with E-state index in [0.717, 1.165) is 20.1 Å². The Bertz CT molecular complexity index is 1520. The Balaban J connectivity index is 1.65. The summed E-state index contributed by atoms with van der Waals surface area (Å²) in [6.07, 6.45) is -2.10. The summed E-state index contributed by atoms with van der Waals surface area (Å²) in [5, 5.41) is 13.8. The highest BCUT2D eigenvalue weighted by atomic mass is 35.5. The Morgan fingerprint density at radius 3 is 2.66 bits per heavy atom. The monoisotopic (exact) mass is 504 g/mol. The molecule has 1 aromatic carbocycles. The van der Waals surface area contributed by atoms with Crippen LogP contribution in [0.1, 0.15) is 11.4 Å². The normalized spacial score (nSPS) is 13.5. The zero-order valence-corrected chi connectivity index (χ0v) is 18.6. The number of carbonyl (C=O) groups excluding carboxylic acids is 1. The summed E-state index contributed by atoms with van der Waals surface area (Å²) in [6, 6.07) is 8.13. The van der Waals surface area contributed by atoms with E-state index in [1.54, 1.807) is 0 Å². The number of pyridine rings is 1. The highest BCUT2D eigenvalue weighted by molar-refractivity contribution is 6.31. The zero-order valence-electron chi connectivity index (χ0n) is 17.8. The zero-order chi connectivity index (χ0) is 24.9. The van der Waals surface area contributed by atoms with Gasteiger partial charge in [-0.2, -0.15) is 17.9 Å². The lowest BCUT2D eigenvalue weighted by Crippen LogP contribution is -2.37. The second kappa shape index (κ2) is 8.27. The van der Waals surface area contributed by atoms with Crippen molar-refractivity contribution >= 4 is 17.6 Å². The van der Waals surface area contributed by atoms with Crippen LogP contribution < -0.4 is 15.6 Å². The van der Waals surface area contributed by atoms with Gasteiger partial charge in [-0.25, -0.2) is 9.48 Å². The van der Waals surface area contributed by atoms with Crippen molar-refractivity contribution in [2.75, 3.05) is 13.7 Å². The molecule has 179 valence electrons. The van der Waals surface area contributed by atoms with Gasteiger partial charge in [0.2, 0.25) is 0 Å². The van der Waals surface area contributed by atoms with Crippen molar-refractivity contribution in [2.24, 2.45) is 0 Å². The Kier molecular flexibility index (Phi) is 5.35. The van der Waals surface area contributed by atoms with Crippen LogP contribution in [0.3, 0.4) is 0 Å². The topological polar surface area (TPSA) is 109 Å². The molecule has 0 fully saturated rings. The first-order valence-electron chi connectivity index (χ1n) is 10.1. The number of fused-ring (bicyclic) bond motifs is 1. The summed E-state index contributed by atoms with van der Waals surface area (Å²) in [7, 11) is 1.37. The first kappa shape index (κ1) is 22.7. The second-order valence-corrected chi connectivity index (χ2v) is 7.90. The molecule has 0 saturated heterocycles. The van der Waals surface area contributed by atoms with Crippen LogP contribution in [0.5, 0.6) is 5.75 Å². The number of nitrogens with zero attached hydrogens (tertiary/aromatic N) is 6. The molecule has 0 saturated carbocycles. The molecule has 1 radical (unpaired) electrons. The summed E-state index contributed by atoms with van der Waals surface area (Å²) in [4.78, 5) is 25.1. The van der Waals surface area contributed by atoms with Crippen molar-refractivity contribution in [2.45, 2.75) is 12.6 Å². The van der Waals surface area contributed by atoms with Crippen molar-refractivity contribution in [1.82, 2.24) is 34.7 Å². The molecule has 0 aliphatic carbocycles. The Morgan fingerprint density at radius 1 is 1.17 bits per heavy atom. The smallest absolute Gasteiger partial charge is 0.436 e. The summed E-state index contributed by atoms with van der Waals surface area (Å²) in [5.41, 5.74) is -0.491. The average molecular weight is 505 g/mol. The van der Waals surface area contributed by atoms with Gasteiger partial charge in [-0.05, 0) is 18.2 Å². The fourth-order valence-electron chi connectivity index (χ4n) is 3.66. The lowest BCUT2D eigenvalue weighted by atomic mass is 10.0. The number of halogens is 4. The van der Waals surface area contributed by atoms with Gasteiger partial charge in [0.05, 0.1) is 37.0 Å². The molecule has 1 N–H and O–H groups in total. The average Bonchev–Trinajstić information content (AvgIpc) is 3.47. The molecular formula is C21H14ClF3N7O3. The molecule has 1 aliphatic rings. The van der Waals surface area contributed by atoms with Gasteiger partial charge in [0.1, 0.15) is 5.75 Å². The molecule has 4 aromatic rings. The molecule has 1 aliphatic heterocycles. The first-order chi connectivity index (χ1) is 16.7. The summed E-state index contributed by atoms with van der Waals surface area (Å²) >= 11 is 6.16. The molecule has 0 unspecified atom stereocenters. The third kappa shape index (κ3) is 4.03. The van der Waals surface area contributed by atoms with Gasteiger partial charge >= 0.3 is 12.2 Å². The van der Waals surface area contributed by atoms with Crippen molar-refractivity contribution in [1.29, 1.82) is 0 Å². The maximum Gasteiger partial charge on any atom is 0.436 e. The number of benzene rings is 1. The van der Waals surface area contributed by atoms with Crippen LogP contribution in [0.2, 0.25) is 5.02 Å². The van der Waals surface area contributed by atoms with Crippen molar-refractivity contribution in [3.63, 3.8) is 0 Å². The fourth-order valence-corrected chi connectivity index (χ4v) is 3.83. The van der Waals surface area contributed by atoms with E-state index in [0.29, 0.717) is 18.7 Å². The van der Waals surface area contributed by atoms with Gasteiger partial charge in [0.15, 0.2) is 11.5 Å². The molecule has 14 heteroatoms. The number of nitrogens with one attached hydrogen (secondary N) is 1. The summed E-state index contributed by atoms with van der Waals surface area (Å²) < 4.78 is 47.9. The van der Waals surface area contributed by atoms with Crippen LogP contribution in [0.25, 0.3) is 22.6 Å². The van der Waals surface area contributed by atoms with Gasteiger partial charge < -0.3 is 10.1 Å². The van der Waals surface area contributed by atoms with Crippen LogP contribution >= 0.6 is 11.6 Å². The number of aromatic nitrogens is 6. The minimum Gasteiger partial charge on any atom is -0.495 e. The van der Waals surface area contributed by atoms with Crippen molar-refractivity contribution in [3.8, 4) is 28.4 Å². The van der Waals surface area contributed by atoms with E-state index in [-0.39, 0.29) is 33.4 Å². The lowest BCUT2D eigenvalue weighted by Gasteiger charge is -2.15. The van der Waals surface area contributed by atoms with Crippen LogP contribution in [0.4, 0.5) is 18.0 Å². The maximum atomic E-state index is 13.1. The second-order valence-electron chi connectivity index (χ2n) is 7.46. The van der Waals surface area contributed by atoms with Crippen molar-refractivity contribution < 1.29 is 22.7 Å². The van der Waals surface area contributed by atoms with E-state index < -0.39 is 23.5 Å². The highest BCUT2D eigenvalue weighted by Gasteiger charge is 2.35. The SMILES string of the molecule is COc1cn(-c2[c]c3n(n2)C(=O)NCC3)c(=O)cc1-c1cc(Cl)ccc1-n1cc(C(F)(F)F)nn1. The number of amides is 1. The number of ether oxygens (including phenoxy) is 1. The number of rotatable bonds is 4. The lowest BCUT2D eigenvalue weighted by molar-refractivity contribution is -0.141. The van der Waals surface area contributed by atoms with E-state index in [9.17, 15) is 22.8 Å². The number of hydrogen-bond acceptors (Lipinski definition) is 6. The molecular weight excluding hydrogens is 491 g/mol. The maximum absolute atomic E-state index is 13.1. The van der Waals surface area contributed by atoms with Crippen LogP contribution in [-0.4, -0.2) is 49.0 Å². The van der Waals surface area contributed by atoms with Gasteiger partial charge in [-0.15, -0.1) is 10.2 Å². The van der Waals surface area contributed by atoms with E-state index in [4.69, 9.17) is 16.3 Å². The van der Waals surface area contributed by atoms with Gasteiger partial charge in [0, 0.05) is 35.2 Å². The molecule has 5 rings (SSSR count). The quantitative estimate of drug-likeness (QED) is 0.458. The Morgan fingerprint density at radius 2 is 1.97 bits per heavy atom. The summed E-state index contributed by atoms with van der Waals surface area (Å²) in [5.74, 6) is 0.275. The fraction of sp³-hybridized carbons (Fsp3) is 0.190. The van der Waals surface area contributed by atoms with E-state index in [2.05, 4.69) is 26.8 Å². The number of hydrogen-bond donors (Lipinski definition) is 1. The van der Waals surface area contributed by atoms with Crippen LogP contribution in [0.15, 0.2) is 41.5 Å². The molecule has 0 atom stereocenters. The number of alkyl halides is 3. The predicted molar refractivity (Wildman–Crippen MR) is 116 cm³/mol. The van der Waals surface area contributed by atoms with Crippen LogP contribution in [0, 0.1) is 6.07 Å². The number of methoxy groups -OCH3 is 1. The van der Waals surface area contributed by atoms with E-state index in [1.807, 2.05) is 0 Å². The molecule has 0 spiro atoms. The molecule has 3 aromatic heterocycles. The minimum atomic E-state index is -4.68. The third-order valence-electron chi connectivity index (χ3n) is 5.28. The van der Waals surface area contributed by atoms with Gasteiger partial charge in [-0.3, -0.25) is 9.36 Å². The first-order valence-corrected chi connectivity index (χ1v) is 10.4. The van der Waals surface area contributed by atoms with Crippen molar-refractivity contribution in [3.05, 3.63) is 69.5 Å². The predicted octanol–water partition coefficient (Wildman–Crippen LogP) is 2.88. The standard InChI is InChI=1S/C21H14ClF3N7O3/c1-35-16-9-30(18-7-12-4-5-26-20(34)32(12)28-18)19(33)8-14(16)13-6-11(22)2-3-15(13)31-10-17(27-29-31)21(23,24)25/h2-3,6,8-10H,4-5H2,1H3,(H,26,34). The molecule has 4 heterocycles. The third-order valence-corrected chi connectivity index (χ3v) is 5.52. The largest absolute Gasteiger partial charge is 0.495 e. The highest BCUT2D eigenvalue weighted by Crippen LogP contribution is 2.36. The summed E-state index contributed by atoms with van der Waals surface area (Å²) in [6.45, 7) is 0.424. The Hall–Kier alpha value is -4.13. The van der Waals surface area contributed by atoms with E-state index >= 15 is 0 Å². The molecule has 0 bridgehead atoms. The molecule has 10 nitrogen and oxygen atoms in total. The van der Waals surface area contributed by atoms with Gasteiger partial charge in [-0.1, -0.05) is 16.8 Å².